The molecule has 0 aliphatic carbocycles. The van der Waals surface area contributed by atoms with Gasteiger partial charge in [-0.1, -0.05) is 23.2 Å². The molecule has 1 aromatic heterocycles. The Morgan fingerprint density at radius 3 is 2.76 bits per heavy atom. The van der Waals surface area contributed by atoms with Crippen LogP contribution in [0.2, 0.25) is 10.0 Å². The van der Waals surface area contributed by atoms with E-state index < -0.39 is 22.5 Å². The minimum absolute atomic E-state index is 0.121. The van der Waals surface area contributed by atoms with Gasteiger partial charge in [0.15, 0.2) is 0 Å². The molecule has 0 fully saturated rings. The summed E-state index contributed by atoms with van der Waals surface area (Å²) in [5.74, 6) is -1.13. The number of nitrogens with one attached hydrogen (secondary N) is 1. The van der Waals surface area contributed by atoms with Crippen LogP contribution >= 0.6 is 23.2 Å². The molecule has 112 valence electrons. The Labute approximate surface area is 130 Å². The molecule has 7 nitrogen and oxygen atoms in total. The van der Waals surface area contributed by atoms with E-state index in [1.54, 1.807) is 0 Å². The molecule has 0 aliphatic rings. The van der Waals surface area contributed by atoms with Gasteiger partial charge in [0.1, 0.15) is 11.4 Å². The van der Waals surface area contributed by atoms with Crippen LogP contribution in [0.3, 0.4) is 0 Å². The highest BCUT2D eigenvalue weighted by Gasteiger charge is 2.18. The Kier molecular flexibility index (Phi) is 4.40. The topological polar surface area (TPSA) is 101 Å². The molecule has 1 aromatic carbocycles. The number of carbonyl (C=O) groups is 1. The summed E-state index contributed by atoms with van der Waals surface area (Å²) in [6, 6.07) is 4.34. The number of carboxylic acids is 1. The minimum atomic E-state index is -3.94. The second kappa shape index (κ2) is 5.92. The van der Waals surface area contributed by atoms with E-state index in [4.69, 9.17) is 28.3 Å². The first-order valence-corrected chi connectivity index (χ1v) is 7.74. The van der Waals surface area contributed by atoms with Crippen molar-refractivity contribution in [1.29, 1.82) is 0 Å². The molecule has 21 heavy (non-hydrogen) atoms. The fourth-order valence-corrected chi connectivity index (χ4v) is 2.90. The molecule has 0 amide bonds. The highest BCUT2D eigenvalue weighted by molar-refractivity contribution is 7.92. The third kappa shape index (κ3) is 3.87. The molecule has 0 saturated heterocycles. The van der Waals surface area contributed by atoms with Crippen molar-refractivity contribution >= 4 is 44.9 Å². The lowest BCUT2D eigenvalue weighted by molar-refractivity contribution is -0.137. The molecule has 2 rings (SSSR count). The first-order chi connectivity index (χ1) is 9.78. The maximum absolute atomic E-state index is 12.2. The van der Waals surface area contributed by atoms with Gasteiger partial charge in [-0.15, -0.1) is 0 Å². The summed E-state index contributed by atoms with van der Waals surface area (Å²) < 4.78 is 27.6. The Morgan fingerprint density at radius 1 is 1.38 bits per heavy atom. The minimum Gasteiger partial charge on any atom is -0.480 e. The predicted molar refractivity (Wildman–Crippen MR) is 77.1 cm³/mol. The first kappa shape index (κ1) is 15.6. The van der Waals surface area contributed by atoms with Crippen molar-refractivity contribution in [1.82, 2.24) is 9.78 Å². The lowest BCUT2D eigenvalue weighted by Gasteiger charge is -2.08. The van der Waals surface area contributed by atoms with Crippen LogP contribution < -0.4 is 4.72 Å². The van der Waals surface area contributed by atoms with Gasteiger partial charge in [0.05, 0.1) is 16.9 Å². The summed E-state index contributed by atoms with van der Waals surface area (Å²) >= 11 is 11.7. The largest absolute Gasteiger partial charge is 0.480 e. The molecule has 0 radical (unpaired) electrons. The number of hydrogen-bond donors (Lipinski definition) is 2. The van der Waals surface area contributed by atoms with Gasteiger partial charge in [-0.2, -0.15) is 5.10 Å². The van der Waals surface area contributed by atoms with Crippen LogP contribution in [0.25, 0.3) is 0 Å². The van der Waals surface area contributed by atoms with Crippen molar-refractivity contribution in [3.05, 3.63) is 40.6 Å². The van der Waals surface area contributed by atoms with Crippen LogP contribution in [-0.4, -0.2) is 29.3 Å². The van der Waals surface area contributed by atoms with Crippen LogP contribution in [0.4, 0.5) is 5.69 Å². The Hall–Kier alpha value is -1.77. The first-order valence-electron chi connectivity index (χ1n) is 5.50. The van der Waals surface area contributed by atoms with Crippen molar-refractivity contribution in [2.75, 3.05) is 4.72 Å². The van der Waals surface area contributed by atoms with Gasteiger partial charge in [0.2, 0.25) is 0 Å². The third-order valence-electron chi connectivity index (χ3n) is 2.39. The summed E-state index contributed by atoms with van der Waals surface area (Å²) in [5, 5.41) is 12.8. The molecule has 0 bridgehead atoms. The molecule has 2 N–H and O–H groups in total. The molecule has 2 aromatic rings. The number of carboxylic acid groups (broad SMARTS) is 1. The number of rotatable bonds is 5. The number of halogens is 2. The van der Waals surface area contributed by atoms with E-state index in [9.17, 15) is 13.2 Å². The maximum atomic E-state index is 12.2. The van der Waals surface area contributed by atoms with Crippen LogP contribution in [0.5, 0.6) is 0 Å². The average Bonchev–Trinajstić information content (AvgIpc) is 2.82. The smallest absolute Gasteiger partial charge is 0.325 e. The lowest BCUT2D eigenvalue weighted by atomic mass is 10.3. The Balaban J connectivity index is 2.28. The van der Waals surface area contributed by atoms with Crippen molar-refractivity contribution in [3.8, 4) is 0 Å². The Morgan fingerprint density at radius 2 is 2.10 bits per heavy atom. The zero-order valence-electron chi connectivity index (χ0n) is 10.3. The average molecular weight is 350 g/mol. The van der Waals surface area contributed by atoms with Crippen molar-refractivity contribution in [3.63, 3.8) is 0 Å². The third-order valence-corrected chi connectivity index (χ3v) is 4.27. The van der Waals surface area contributed by atoms with Gasteiger partial charge in [0, 0.05) is 11.2 Å². The maximum Gasteiger partial charge on any atom is 0.325 e. The van der Waals surface area contributed by atoms with E-state index in [1.807, 2.05) is 0 Å². The second-order valence-corrected chi connectivity index (χ2v) is 6.52. The number of anilines is 1. The molecule has 0 unspecified atom stereocenters. The monoisotopic (exact) mass is 349 g/mol. The van der Waals surface area contributed by atoms with Crippen LogP contribution in [-0.2, 0) is 21.4 Å². The zero-order valence-corrected chi connectivity index (χ0v) is 12.7. The standard InChI is InChI=1S/C11H9Cl2N3O4S/c12-7-1-2-9(13)10(3-7)15-21(19,20)8-4-14-16(5-8)6-11(17)18/h1-5,15H,6H2,(H,17,18). The van der Waals surface area contributed by atoms with E-state index in [2.05, 4.69) is 9.82 Å². The molecule has 0 saturated carbocycles. The van der Waals surface area contributed by atoms with Gasteiger partial charge >= 0.3 is 5.97 Å². The highest BCUT2D eigenvalue weighted by atomic mass is 35.5. The molecular weight excluding hydrogens is 341 g/mol. The number of benzene rings is 1. The fraction of sp³-hybridized carbons (Fsp3) is 0.0909. The van der Waals surface area contributed by atoms with Crippen LogP contribution in [0, 0.1) is 0 Å². The summed E-state index contributed by atoms with van der Waals surface area (Å²) in [7, 11) is -3.94. The van der Waals surface area contributed by atoms with E-state index in [-0.39, 0.29) is 15.6 Å². The number of sulfonamides is 1. The predicted octanol–water partition coefficient (Wildman–Crippen LogP) is 2.08. The summed E-state index contributed by atoms with van der Waals surface area (Å²) in [6.45, 7) is -0.437. The zero-order chi connectivity index (χ0) is 15.6. The van der Waals surface area contributed by atoms with Crippen molar-refractivity contribution in [2.45, 2.75) is 11.4 Å². The van der Waals surface area contributed by atoms with Gasteiger partial charge in [-0.05, 0) is 18.2 Å². The van der Waals surface area contributed by atoms with E-state index in [0.717, 1.165) is 17.1 Å². The normalized spacial score (nSPS) is 11.3. The van der Waals surface area contributed by atoms with E-state index >= 15 is 0 Å². The van der Waals surface area contributed by atoms with E-state index in [1.165, 1.54) is 18.2 Å². The molecule has 0 atom stereocenters. The SMILES string of the molecule is O=C(O)Cn1cc(S(=O)(=O)Nc2cc(Cl)ccc2Cl)cn1. The number of aliphatic carboxylic acids is 1. The van der Waals surface area contributed by atoms with Gasteiger partial charge in [0.25, 0.3) is 10.0 Å². The van der Waals surface area contributed by atoms with Gasteiger partial charge in [-0.3, -0.25) is 14.2 Å². The fourth-order valence-electron chi connectivity index (χ4n) is 1.49. The Bertz CT molecular complexity index is 789. The summed E-state index contributed by atoms with van der Waals surface area (Å²) in [6.07, 6.45) is 2.15. The number of aromatic nitrogens is 2. The molecule has 0 aliphatic heterocycles. The van der Waals surface area contributed by atoms with Crippen LogP contribution in [0.15, 0.2) is 35.5 Å². The summed E-state index contributed by atoms with van der Waals surface area (Å²) in [5.41, 5.74) is 0.121. The number of hydrogen-bond acceptors (Lipinski definition) is 4. The second-order valence-electron chi connectivity index (χ2n) is 4.00. The molecule has 0 spiro atoms. The lowest BCUT2D eigenvalue weighted by Crippen LogP contribution is -2.13. The van der Waals surface area contributed by atoms with Crippen LogP contribution in [0.1, 0.15) is 0 Å². The highest BCUT2D eigenvalue weighted by Crippen LogP contribution is 2.27. The molecular formula is C11H9Cl2N3O4S. The molecule has 10 heteroatoms. The van der Waals surface area contributed by atoms with E-state index in [0.29, 0.717) is 5.02 Å². The number of nitrogens with zero attached hydrogens (tertiary/aromatic N) is 2. The van der Waals surface area contributed by atoms with Gasteiger partial charge < -0.3 is 5.11 Å². The van der Waals surface area contributed by atoms with Crippen molar-refractivity contribution in [2.24, 2.45) is 0 Å². The van der Waals surface area contributed by atoms with Crippen molar-refractivity contribution < 1.29 is 18.3 Å². The molecule has 1 heterocycles. The summed E-state index contributed by atoms with van der Waals surface area (Å²) in [4.78, 5) is 10.4. The van der Waals surface area contributed by atoms with Gasteiger partial charge in [-0.25, -0.2) is 8.42 Å². The quantitative estimate of drug-likeness (QED) is 0.860.